The fraction of sp³-hybridized carbons (Fsp3) is 1.00. The van der Waals surface area contributed by atoms with Crippen molar-refractivity contribution in [1.29, 1.82) is 0 Å². The number of rotatable bonds is 3. The summed E-state index contributed by atoms with van der Waals surface area (Å²) in [6, 6.07) is 0. The van der Waals surface area contributed by atoms with Gasteiger partial charge >= 0.3 is 0 Å². The van der Waals surface area contributed by atoms with E-state index in [-0.39, 0.29) is 0 Å². The van der Waals surface area contributed by atoms with Gasteiger partial charge in [-0.25, -0.2) is 0 Å². The first-order chi connectivity index (χ1) is 3.27. The first-order valence-electron chi connectivity index (χ1n) is 2.73. The second-order valence-corrected chi connectivity index (χ2v) is 3.39. The molecule has 0 aromatic rings. The number of nitrogens with two attached hydrogens (primary N) is 2. The van der Waals surface area contributed by atoms with E-state index < -0.39 is 0 Å². The molecule has 4 N–H and O–H groups in total. The first-order valence-corrected chi connectivity index (χ1v) is 3.88. The molecule has 0 aliphatic heterocycles. The van der Waals surface area contributed by atoms with Crippen LogP contribution in [0, 0.1) is 0 Å². The van der Waals surface area contributed by atoms with Gasteiger partial charge in [-0.3, -0.25) is 0 Å². The van der Waals surface area contributed by atoms with Gasteiger partial charge in [-0.1, -0.05) is 0 Å². The normalized spacial score (nSPS) is 14.6. The highest BCUT2D eigenvalue weighted by atomic mass is 28.1. The molecule has 0 aromatic carbocycles. The molecule has 0 aromatic heterocycles. The summed E-state index contributed by atoms with van der Waals surface area (Å²) in [4.78, 5) is 0. The molecule has 0 amide bonds. The summed E-state index contributed by atoms with van der Waals surface area (Å²) in [6.07, 6.45) is 2.20. The van der Waals surface area contributed by atoms with Crippen LogP contribution in [0.15, 0.2) is 0 Å². The fourth-order valence-electron chi connectivity index (χ4n) is 0.440. The average Bonchev–Trinajstić information content (AvgIpc) is 1.61. The van der Waals surface area contributed by atoms with Crippen LogP contribution >= 0.6 is 0 Å². The largest absolute Gasteiger partial charge is 0.331 e. The molecular weight excluding hydrogens is 104 g/mol. The third-order valence-electron chi connectivity index (χ3n) is 0.864. The highest BCUT2D eigenvalue weighted by molar-refractivity contribution is 6.11. The Morgan fingerprint density at radius 3 is 2.29 bits per heavy atom. The standard InChI is InChI=1S/C4H14N2Si/c5-3-1-2-4(6)7/h4H,1-3,5-6H2,7H3. The van der Waals surface area contributed by atoms with Crippen LogP contribution in [0.1, 0.15) is 12.8 Å². The van der Waals surface area contributed by atoms with E-state index >= 15 is 0 Å². The maximum absolute atomic E-state index is 5.48. The van der Waals surface area contributed by atoms with Gasteiger partial charge in [0.15, 0.2) is 0 Å². The molecule has 0 heterocycles. The lowest BCUT2D eigenvalue weighted by Crippen LogP contribution is -2.20. The van der Waals surface area contributed by atoms with Crippen LogP contribution in [-0.4, -0.2) is 22.5 Å². The van der Waals surface area contributed by atoms with Crippen LogP contribution in [-0.2, 0) is 0 Å². The summed E-state index contributed by atoms with van der Waals surface area (Å²) in [5.74, 6) is 0. The summed E-state index contributed by atoms with van der Waals surface area (Å²) in [5.41, 5.74) is 11.2. The molecule has 0 radical (unpaired) electrons. The minimum absolute atomic E-state index is 0.462. The average molecular weight is 118 g/mol. The van der Waals surface area contributed by atoms with E-state index in [1.165, 1.54) is 0 Å². The molecule has 0 saturated heterocycles. The quantitative estimate of drug-likeness (QED) is 0.437. The van der Waals surface area contributed by atoms with Gasteiger partial charge in [0, 0.05) is 10.2 Å². The summed E-state index contributed by atoms with van der Waals surface area (Å²) in [5, 5.41) is 0. The molecule has 0 rings (SSSR count). The van der Waals surface area contributed by atoms with E-state index in [1.54, 1.807) is 0 Å². The van der Waals surface area contributed by atoms with Crippen LogP contribution in [0.2, 0.25) is 0 Å². The Morgan fingerprint density at radius 1 is 1.57 bits per heavy atom. The van der Waals surface area contributed by atoms with Gasteiger partial charge in [-0.2, -0.15) is 0 Å². The van der Waals surface area contributed by atoms with Gasteiger partial charge < -0.3 is 11.5 Å². The molecule has 3 heteroatoms. The van der Waals surface area contributed by atoms with Crippen LogP contribution < -0.4 is 11.5 Å². The second-order valence-electron chi connectivity index (χ2n) is 1.91. The molecule has 0 bridgehead atoms. The van der Waals surface area contributed by atoms with Gasteiger partial charge in [0.25, 0.3) is 0 Å². The van der Waals surface area contributed by atoms with Crippen molar-refractivity contribution in [3.8, 4) is 0 Å². The smallest absolute Gasteiger partial charge is 0.0238 e. The van der Waals surface area contributed by atoms with E-state index in [0.717, 1.165) is 29.6 Å². The maximum Gasteiger partial charge on any atom is 0.0238 e. The molecule has 2 nitrogen and oxygen atoms in total. The minimum atomic E-state index is 0.462. The highest BCUT2D eigenvalue weighted by Gasteiger charge is 1.88. The Hall–Kier alpha value is 0.137. The molecule has 0 aliphatic carbocycles. The zero-order valence-corrected chi connectivity index (χ0v) is 6.85. The van der Waals surface area contributed by atoms with Crippen molar-refractivity contribution >= 4 is 10.2 Å². The fourth-order valence-corrected chi connectivity index (χ4v) is 0.848. The first kappa shape index (κ1) is 7.14. The van der Waals surface area contributed by atoms with E-state index in [0.29, 0.717) is 5.67 Å². The van der Waals surface area contributed by atoms with Crippen LogP contribution in [0.3, 0.4) is 0 Å². The third kappa shape index (κ3) is 6.14. The zero-order chi connectivity index (χ0) is 5.70. The van der Waals surface area contributed by atoms with E-state index in [2.05, 4.69) is 0 Å². The van der Waals surface area contributed by atoms with Crippen molar-refractivity contribution in [2.75, 3.05) is 6.54 Å². The summed E-state index contributed by atoms with van der Waals surface area (Å²) < 4.78 is 0. The highest BCUT2D eigenvalue weighted by Crippen LogP contribution is 1.85. The Labute approximate surface area is 47.7 Å². The monoisotopic (exact) mass is 118 g/mol. The predicted octanol–water partition coefficient (Wildman–Crippen LogP) is -1.62. The molecular formula is C4H14N2Si. The molecule has 1 unspecified atom stereocenters. The van der Waals surface area contributed by atoms with Gasteiger partial charge in [-0.05, 0) is 25.1 Å². The molecule has 44 valence electrons. The topological polar surface area (TPSA) is 52.0 Å². The molecule has 1 atom stereocenters. The lowest BCUT2D eigenvalue weighted by Gasteiger charge is -1.99. The molecule has 0 fully saturated rings. The summed E-state index contributed by atoms with van der Waals surface area (Å²) in [7, 11) is 1.11. The lowest BCUT2D eigenvalue weighted by atomic mass is 10.3. The zero-order valence-electron chi connectivity index (χ0n) is 4.85. The van der Waals surface area contributed by atoms with Crippen LogP contribution in [0.25, 0.3) is 0 Å². The minimum Gasteiger partial charge on any atom is -0.331 e. The molecule has 0 aliphatic rings. The van der Waals surface area contributed by atoms with Crippen molar-refractivity contribution in [3.63, 3.8) is 0 Å². The van der Waals surface area contributed by atoms with Crippen molar-refractivity contribution in [1.82, 2.24) is 0 Å². The SMILES string of the molecule is NCCCC(N)[SiH3]. The van der Waals surface area contributed by atoms with E-state index in [1.807, 2.05) is 0 Å². The van der Waals surface area contributed by atoms with Crippen LogP contribution in [0.5, 0.6) is 0 Å². The lowest BCUT2D eigenvalue weighted by molar-refractivity contribution is 0.716. The van der Waals surface area contributed by atoms with Crippen molar-refractivity contribution in [2.24, 2.45) is 11.5 Å². The van der Waals surface area contributed by atoms with Crippen molar-refractivity contribution in [3.05, 3.63) is 0 Å². The number of hydrogen-bond donors (Lipinski definition) is 2. The molecule has 7 heavy (non-hydrogen) atoms. The van der Waals surface area contributed by atoms with Crippen molar-refractivity contribution < 1.29 is 0 Å². The number of hydrogen-bond acceptors (Lipinski definition) is 2. The van der Waals surface area contributed by atoms with Crippen molar-refractivity contribution in [2.45, 2.75) is 18.5 Å². The van der Waals surface area contributed by atoms with E-state index in [4.69, 9.17) is 11.5 Å². The van der Waals surface area contributed by atoms with Gasteiger partial charge in [0.2, 0.25) is 0 Å². The molecule has 0 spiro atoms. The summed E-state index contributed by atoms with van der Waals surface area (Å²) >= 11 is 0. The maximum atomic E-state index is 5.48. The van der Waals surface area contributed by atoms with Gasteiger partial charge in [0.05, 0.1) is 0 Å². The third-order valence-corrected chi connectivity index (χ3v) is 1.44. The Bertz CT molecular complexity index is 38.7. The Morgan fingerprint density at radius 2 is 2.14 bits per heavy atom. The summed E-state index contributed by atoms with van der Waals surface area (Å²) in [6.45, 7) is 0.788. The Balaban J connectivity index is 2.68. The molecule has 0 saturated carbocycles. The second kappa shape index (κ2) is 4.30. The predicted molar refractivity (Wildman–Crippen MR) is 36.2 cm³/mol. The van der Waals surface area contributed by atoms with Gasteiger partial charge in [0.1, 0.15) is 0 Å². The Kier molecular flexibility index (Phi) is 4.38. The van der Waals surface area contributed by atoms with Crippen LogP contribution in [0.4, 0.5) is 0 Å². The van der Waals surface area contributed by atoms with E-state index in [9.17, 15) is 0 Å². The van der Waals surface area contributed by atoms with Gasteiger partial charge in [-0.15, -0.1) is 0 Å².